The normalized spacial score (nSPS) is 4.91. The van der Waals surface area contributed by atoms with Crippen LogP contribution in [0.1, 0.15) is 20.8 Å². The van der Waals surface area contributed by atoms with Gasteiger partial charge in [0.25, 0.3) is 0 Å². The van der Waals surface area contributed by atoms with Gasteiger partial charge in [0.15, 0.2) is 0 Å². The van der Waals surface area contributed by atoms with Crippen LogP contribution in [0, 0.1) is 0 Å². The maximum atomic E-state index is 7.57. The number of hydrogen-bond acceptors (Lipinski definition) is 3. The minimum absolute atomic E-state index is 0. The Morgan fingerprint density at radius 3 is 0.727 bits per heavy atom. The minimum atomic E-state index is 0. The highest BCUT2D eigenvalue weighted by atomic mass is 35.5. The summed E-state index contributed by atoms with van der Waals surface area (Å²) in [6, 6.07) is 0. The van der Waals surface area contributed by atoms with Gasteiger partial charge in [-0.3, -0.25) is 0 Å². The molecule has 0 radical (unpaired) electrons. The van der Waals surface area contributed by atoms with Crippen molar-refractivity contribution >= 4 is 0 Å². The molecule has 0 unspecified atom stereocenters. The van der Waals surface area contributed by atoms with Crippen molar-refractivity contribution in [3.8, 4) is 0 Å². The Labute approximate surface area is 75.2 Å². The van der Waals surface area contributed by atoms with Crippen molar-refractivity contribution in [3.05, 3.63) is 0 Å². The lowest BCUT2D eigenvalue weighted by Crippen LogP contribution is -3.00. The monoisotopic (exact) mass is 191 g/mol. The van der Waals surface area contributed by atoms with E-state index in [2.05, 4.69) is 0 Å². The lowest BCUT2D eigenvalue weighted by molar-refractivity contribution is -0.00000626. The predicted molar refractivity (Wildman–Crippen MR) is 44.3 cm³/mol. The molecule has 0 amide bonds. The van der Waals surface area contributed by atoms with Crippen LogP contribution in [0.25, 0.3) is 0 Å². The molecule has 0 fully saturated rings. The Morgan fingerprint density at radius 2 is 0.727 bits per heavy atom. The lowest BCUT2D eigenvalue weighted by atomic mass is 10.9. The van der Waals surface area contributed by atoms with Gasteiger partial charge in [0.1, 0.15) is 0 Å². The highest BCUT2D eigenvalue weighted by Gasteiger charge is 1.35. The van der Waals surface area contributed by atoms with E-state index in [1.807, 2.05) is 0 Å². The molecule has 0 aliphatic carbocycles. The third-order valence-corrected chi connectivity index (χ3v) is 0. The minimum Gasteiger partial charge on any atom is -1.00 e. The molecule has 0 atom stereocenters. The number of hydrogen-bond donors (Lipinski definition) is 4. The van der Waals surface area contributed by atoms with Crippen molar-refractivity contribution < 1.29 is 27.7 Å². The molecule has 0 aliphatic heterocycles. The Balaban J connectivity index is -0.0000000150. The standard InChI is InChI=1S/3C2H6O.ClH.H3N/c3*1-2-3;;/h3*3H,2H2,1H3;1H;1H3. The second-order valence-electron chi connectivity index (χ2n) is 0.949. The molecule has 0 bridgehead atoms. The van der Waals surface area contributed by atoms with Crippen LogP contribution < -0.4 is 18.6 Å². The van der Waals surface area contributed by atoms with Crippen molar-refractivity contribution in [3.63, 3.8) is 0 Å². The van der Waals surface area contributed by atoms with E-state index in [1.54, 1.807) is 20.8 Å². The third kappa shape index (κ3) is 39600. The van der Waals surface area contributed by atoms with E-state index >= 15 is 0 Å². The molecule has 0 saturated carbocycles. The fourth-order valence-corrected chi connectivity index (χ4v) is 0. The van der Waals surface area contributed by atoms with Crippen LogP contribution in [0.2, 0.25) is 0 Å². The van der Waals surface area contributed by atoms with Crippen molar-refractivity contribution in [2.24, 2.45) is 0 Å². The van der Waals surface area contributed by atoms with Crippen LogP contribution in [0.3, 0.4) is 0 Å². The van der Waals surface area contributed by atoms with Crippen molar-refractivity contribution in [1.82, 2.24) is 6.15 Å². The first-order chi connectivity index (χ1) is 4.24. The average Bonchev–Trinajstić information content (AvgIpc) is 1.70. The van der Waals surface area contributed by atoms with E-state index in [9.17, 15) is 0 Å². The number of aliphatic hydroxyl groups excluding tert-OH is 3. The highest BCUT2D eigenvalue weighted by molar-refractivity contribution is 3.84. The van der Waals surface area contributed by atoms with Crippen LogP contribution >= 0.6 is 0 Å². The van der Waals surface area contributed by atoms with E-state index in [4.69, 9.17) is 15.3 Å². The number of aliphatic hydroxyl groups is 3. The van der Waals surface area contributed by atoms with Gasteiger partial charge in [-0.25, -0.2) is 0 Å². The Bertz CT molecular complexity index is 22.5. The van der Waals surface area contributed by atoms with E-state index in [1.165, 1.54) is 0 Å². The summed E-state index contributed by atoms with van der Waals surface area (Å²) in [4.78, 5) is 0. The van der Waals surface area contributed by atoms with E-state index in [-0.39, 0.29) is 38.4 Å². The molecular formula is C6H22ClNO3. The molecule has 76 valence electrons. The molecule has 0 saturated heterocycles. The van der Waals surface area contributed by atoms with Gasteiger partial charge < -0.3 is 33.9 Å². The fourth-order valence-electron chi connectivity index (χ4n) is 0. The second-order valence-corrected chi connectivity index (χ2v) is 0.949. The fraction of sp³-hybridized carbons (Fsp3) is 1.00. The van der Waals surface area contributed by atoms with Crippen LogP contribution in [-0.4, -0.2) is 35.1 Å². The molecule has 0 aromatic carbocycles. The highest BCUT2D eigenvalue weighted by Crippen LogP contribution is 1.30. The van der Waals surface area contributed by atoms with Crippen LogP contribution in [0.5, 0.6) is 0 Å². The van der Waals surface area contributed by atoms with Crippen LogP contribution in [-0.2, 0) is 0 Å². The Morgan fingerprint density at radius 1 is 0.727 bits per heavy atom. The molecule has 5 heteroatoms. The summed E-state index contributed by atoms with van der Waals surface area (Å²) in [5, 5.41) is 22.7. The van der Waals surface area contributed by atoms with E-state index < -0.39 is 0 Å². The molecule has 7 N–H and O–H groups in total. The Kier molecular flexibility index (Phi) is 238. The smallest absolute Gasteiger partial charge is 0.0402 e. The topological polar surface area (TPSA) is 97.2 Å². The first-order valence-electron chi connectivity index (χ1n) is 3.07. The van der Waals surface area contributed by atoms with Crippen LogP contribution in [0.15, 0.2) is 0 Å². The zero-order chi connectivity index (χ0) is 8.12. The first-order valence-corrected chi connectivity index (χ1v) is 3.07. The van der Waals surface area contributed by atoms with E-state index in [0.717, 1.165) is 0 Å². The summed E-state index contributed by atoms with van der Waals surface area (Å²) < 4.78 is 0. The summed E-state index contributed by atoms with van der Waals surface area (Å²) in [6.45, 7) is 5.79. The molecule has 0 aromatic heterocycles. The second kappa shape index (κ2) is 86.2. The van der Waals surface area contributed by atoms with Gasteiger partial charge in [-0.2, -0.15) is 0 Å². The lowest BCUT2D eigenvalue weighted by Gasteiger charge is -1.52. The maximum absolute atomic E-state index is 7.57. The predicted octanol–water partition coefficient (Wildman–Crippen LogP) is -2.62. The van der Waals surface area contributed by atoms with Gasteiger partial charge >= 0.3 is 0 Å². The van der Waals surface area contributed by atoms with Gasteiger partial charge in [-0.1, -0.05) is 0 Å². The molecule has 0 rings (SSSR count). The third-order valence-electron chi connectivity index (χ3n) is 0. The number of halogens is 1. The van der Waals surface area contributed by atoms with Gasteiger partial charge in [0.2, 0.25) is 0 Å². The number of quaternary nitrogens is 1. The SMILES string of the molecule is CCO.CCO.CCO.[Cl-].[NH4+]. The van der Waals surface area contributed by atoms with Gasteiger partial charge in [-0.15, -0.1) is 0 Å². The summed E-state index contributed by atoms with van der Waals surface area (Å²) in [6.07, 6.45) is 0. The van der Waals surface area contributed by atoms with Crippen LogP contribution in [0.4, 0.5) is 0 Å². The molecule has 0 heterocycles. The quantitative estimate of drug-likeness (QED) is 0.338. The zero-order valence-electron chi connectivity index (χ0n) is 7.84. The summed E-state index contributed by atoms with van der Waals surface area (Å²) in [5.41, 5.74) is 0. The molecule has 11 heavy (non-hydrogen) atoms. The average molecular weight is 192 g/mol. The van der Waals surface area contributed by atoms with Crippen molar-refractivity contribution in [2.45, 2.75) is 20.8 Å². The summed E-state index contributed by atoms with van der Waals surface area (Å²) in [5.74, 6) is 0. The first kappa shape index (κ1) is 30.4. The Hall–Kier alpha value is 0.130. The van der Waals surface area contributed by atoms with Gasteiger partial charge in [0, 0.05) is 19.8 Å². The molecule has 0 aliphatic rings. The van der Waals surface area contributed by atoms with Crippen molar-refractivity contribution in [2.75, 3.05) is 19.8 Å². The maximum Gasteiger partial charge on any atom is 0.0402 e. The van der Waals surface area contributed by atoms with Gasteiger partial charge in [-0.05, 0) is 20.8 Å². The van der Waals surface area contributed by atoms with Gasteiger partial charge in [0.05, 0.1) is 0 Å². The molecule has 4 nitrogen and oxygen atoms in total. The summed E-state index contributed by atoms with van der Waals surface area (Å²) >= 11 is 0. The molecule has 0 spiro atoms. The van der Waals surface area contributed by atoms with E-state index in [0.29, 0.717) is 0 Å². The molecular weight excluding hydrogens is 170 g/mol. The largest absolute Gasteiger partial charge is 1.00 e. The zero-order valence-corrected chi connectivity index (χ0v) is 8.60. The number of rotatable bonds is 0. The molecule has 0 aromatic rings. The van der Waals surface area contributed by atoms with Crippen molar-refractivity contribution in [1.29, 1.82) is 0 Å². The summed E-state index contributed by atoms with van der Waals surface area (Å²) in [7, 11) is 0.